The fraction of sp³-hybridized carbons (Fsp3) is 0.333. The molecule has 1 aromatic carbocycles. The van der Waals surface area contributed by atoms with Crippen LogP contribution < -0.4 is 5.32 Å². The Labute approximate surface area is 122 Å². The molecule has 0 aliphatic carbocycles. The maximum Gasteiger partial charge on any atom is 0.133 e. The maximum absolute atomic E-state index is 13.8. The topological polar surface area (TPSA) is 37.8 Å². The number of hydrogen-bond acceptors (Lipinski definition) is 3. The number of aryl methyl sites for hydroxylation is 1. The van der Waals surface area contributed by atoms with Crippen LogP contribution in [0.1, 0.15) is 28.3 Å². The van der Waals surface area contributed by atoms with E-state index in [9.17, 15) is 4.39 Å². The summed E-state index contributed by atoms with van der Waals surface area (Å²) in [5, 5.41) is 3.73. The minimum Gasteiger partial charge on any atom is -0.312 e. The van der Waals surface area contributed by atoms with Gasteiger partial charge in [-0.25, -0.2) is 14.4 Å². The van der Waals surface area contributed by atoms with E-state index in [4.69, 9.17) is 11.6 Å². The summed E-state index contributed by atoms with van der Waals surface area (Å²) in [5.74, 6) is 0.327. The lowest BCUT2D eigenvalue weighted by Crippen LogP contribution is -2.26. The summed E-state index contributed by atoms with van der Waals surface area (Å²) >= 11 is 6.06. The van der Waals surface area contributed by atoms with Crippen LogP contribution in [0, 0.1) is 12.7 Å². The number of aromatic nitrogens is 2. The molecule has 3 nitrogen and oxygen atoms in total. The van der Waals surface area contributed by atoms with Gasteiger partial charge in [-0.1, -0.05) is 17.7 Å². The predicted molar refractivity (Wildman–Crippen MR) is 76.4 cm³/mol. The quantitative estimate of drug-likeness (QED) is 0.924. The van der Waals surface area contributed by atoms with Crippen LogP contribution in [0.25, 0.3) is 0 Å². The van der Waals surface area contributed by atoms with E-state index in [0.29, 0.717) is 22.8 Å². The Kier molecular flexibility index (Phi) is 3.68. The molecular weight excluding hydrogens is 277 g/mol. The monoisotopic (exact) mass is 291 g/mol. The lowest BCUT2D eigenvalue weighted by atomic mass is 10.0. The fourth-order valence-electron chi connectivity index (χ4n) is 2.51. The van der Waals surface area contributed by atoms with Crippen molar-refractivity contribution < 1.29 is 4.39 Å². The van der Waals surface area contributed by atoms with Gasteiger partial charge < -0.3 is 5.32 Å². The molecule has 2 heterocycles. The molecule has 0 amide bonds. The second kappa shape index (κ2) is 5.46. The lowest BCUT2D eigenvalue weighted by molar-refractivity contribution is 0.604. The summed E-state index contributed by atoms with van der Waals surface area (Å²) in [6.45, 7) is 3.70. The zero-order chi connectivity index (χ0) is 14.1. The molecule has 0 bridgehead atoms. The van der Waals surface area contributed by atoms with Crippen molar-refractivity contribution in [1.29, 1.82) is 0 Å². The molecule has 1 aliphatic rings. The summed E-state index contributed by atoms with van der Waals surface area (Å²) in [4.78, 5) is 9.06. The zero-order valence-electron chi connectivity index (χ0n) is 11.2. The smallest absolute Gasteiger partial charge is 0.133 e. The number of fused-ring (bicyclic) bond motifs is 1. The first-order chi connectivity index (χ1) is 9.65. The Morgan fingerprint density at radius 1 is 1.35 bits per heavy atom. The van der Waals surface area contributed by atoms with Crippen molar-refractivity contribution in [1.82, 2.24) is 15.3 Å². The molecule has 2 aromatic rings. The highest BCUT2D eigenvalue weighted by Crippen LogP contribution is 2.22. The second-order valence-corrected chi connectivity index (χ2v) is 5.36. The van der Waals surface area contributed by atoms with E-state index in [1.165, 1.54) is 11.6 Å². The highest BCUT2D eigenvalue weighted by Gasteiger charge is 2.16. The van der Waals surface area contributed by atoms with Crippen LogP contribution in [0.5, 0.6) is 0 Å². The minimum absolute atomic E-state index is 0.307. The number of benzene rings is 1. The SMILES string of the molecule is Cc1nc(Cc2c(F)cccc2Cl)nc2c1CNCC2. The molecule has 3 rings (SSSR count). The molecule has 0 unspecified atom stereocenters. The van der Waals surface area contributed by atoms with Crippen molar-refractivity contribution in [2.45, 2.75) is 26.3 Å². The van der Waals surface area contributed by atoms with Crippen molar-refractivity contribution in [2.75, 3.05) is 6.54 Å². The molecule has 0 atom stereocenters. The predicted octanol–water partition coefficient (Wildman–Crippen LogP) is 2.81. The number of halogens is 2. The third-order valence-corrected chi connectivity index (χ3v) is 3.94. The minimum atomic E-state index is -0.307. The molecule has 104 valence electrons. The van der Waals surface area contributed by atoms with Gasteiger partial charge in [0.2, 0.25) is 0 Å². The first-order valence-corrected chi connectivity index (χ1v) is 7.02. The standard InChI is InChI=1S/C15H15ClFN3/c1-9-11-8-18-6-5-14(11)20-15(19-9)7-10-12(16)3-2-4-13(10)17/h2-4,18H,5-8H2,1H3. The van der Waals surface area contributed by atoms with Gasteiger partial charge in [-0.2, -0.15) is 0 Å². The largest absolute Gasteiger partial charge is 0.312 e. The number of rotatable bonds is 2. The Morgan fingerprint density at radius 3 is 3.00 bits per heavy atom. The average molecular weight is 292 g/mol. The molecule has 1 N–H and O–H groups in total. The Balaban J connectivity index is 1.97. The maximum atomic E-state index is 13.8. The molecule has 0 saturated heterocycles. The van der Waals surface area contributed by atoms with Crippen LogP contribution >= 0.6 is 11.6 Å². The summed E-state index contributed by atoms with van der Waals surface area (Å²) in [6.07, 6.45) is 1.21. The number of nitrogens with zero attached hydrogens (tertiary/aromatic N) is 2. The fourth-order valence-corrected chi connectivity index (χ4v) is 2.74. The Morgan fingerprint density at radius 2 is 2.20 bits per heavy atom. The van der Waals surface area contributed by atoms with Crippen molar-refractivity contribution >= 4 is 11.6 Å². The normalized spacial score (nSPS) is 14.2. The van der Waals surface area contributed by atoms with Crippen LogP contribution in [0.3, 0.4) is 0 Å². The molecule has 0 saturated carbocycles. The van der Waals surface area contributed by atoms with Crippen LogP contribution in [0.4, 0.5) is 4.39 Å². The van der Waals surface area contributed by atoms with Gasteiger partial charge in [0.25, 0.3) is 0 Å². The molecule has 1 aliphatic heterocycles. The van der Waals surface area contributed by atoms with E-state index in [2.05, 4.69) is 15.3 Å². The van der Waals surface area contributed by atoms with E-state index in [1.807, 2.05) is 6.92 Å². The number of hydrogen-bond donors (Lipinski definition) is 1. The molecule has 0 spiro atoms. The van der Waals surface area contributed by atoms with Crippen molar-refractivity contribution in [3.63, 3.8) is 0 Å². The van der Waals surface area contributed by atoms with E-state index in [0.717, 1.165) is 30.9 Å². The molecule has 0 fully saturated rings. The summed E-state index contributed by atoms with van der Waals surface area (Å²) in [6, 6.07) is 4.71. The van der Waals surface area contributed by atoms with Gasteiger partial charge in [0.15, 0.2) is 0 Å². The van der Waals surface area contributed by atoms with Crippen molar-refractivity contribution in [3.8, 4) is 0 Å². The molecule has 5 heteroatoms. The lowest BCUT2D eigenvalue weighted by Gasteiger charge is -2.18. The van der Waals surface area contributed by atoms with Crippen molar-refractivity contribution in [3.05, 3.63) is 57.4 Å². The van der Waals surface area contributed by atoms with Gasteiger partial charge in [-0.3, -0.25) is 0 Å². The first-order valence-electron chi connectivity index (χ1n) is 6.64. The molecule has 1 aromatic heterocycles. The van der Waals surface area contributed by atoms with Crippen LogP contribution in [-0.2, 0) is 19.4 Å². The van der Waals surface area contributed by atoms with Crippen LogP contribution in [0.15, 0.2) is 18.2 Å². The van der Waals surface area contributed by atoms with E-state index in [-0.39, 0.29) is 5.82 Å². The first kappa shape index (κ1) is 13.5. The highest BCUT2D eigenvalue weighted by molar-refractivity contribution is 6.31. The van der Waals surface area contributed by atoms with Crippen LogP contribution in [-0.4, -0.2) is 16.5 Å². The van der Waals surface area contributed by atoms with Gasteiger partial charge in [-0.15, -0.1) is 0 Å². The third-order valence-electron chi connectivity index (χ3n) is 3.58. The second-order valence-electron chi connectivity index (χ2n) is 4.95. The Bertz CT molecular complexity index is 638. The summed E-state index contributed by atoms with van der Waals surface area (Å²) < 4.78 is 13.8. The van der Waals surface area contributed by atoms with E-state index < -0.39 is 0 Å². The summed E-state index contributed by atoms with van der Waals surface area (Å²) in [5.41, 5.74) is 3.66. The number of nitrogens with one attached hydrogen (secondary N) is 1. The molecular formula is C15H15ClFN3. The highest BCUT2D eigenvalue weighted by atomic mass is 35.5. The van der Waals surface area contributed by atoms with Crippen LogP contribution in [0.2, 0.25) is 5.02 Å². The van der Waals surface area contributed by atoms with Gasteiger partial charge >= 0.3 is 0 Å². The summed E-state index contributed by atoms with van der Waals surface area (Å²) in [7, 11) is 0. The molecule has 0 radical (unpaired) electrons. The zero-order valence-corrected chi connectivity index (χ0v) is 12.0. The van der Waals surface area contributed by atoms with E-state index >= 15 is 0 Å². The van der Waals surface area contributed by atoms with Gasteiger partial charge in [-0.05, 0) is 19.1 Å². The van der Waals surface area contributed by atoms with Gasteiger partial charge in [0.05, 0.1) is 5.69 Å². The van der Waals surface area contributed by atoms with Crippen molar-refractivity contribution in [2.24, 2.45) is 0 Å². The molecule has 20 heavy (non-hydrogen) atoms. The Hall–Kier alpha value is -1.52. The van der Waals surface area contributed by atoms with Gasteiger partial charge in [0.1, 0.15) is 11.6 Å². The van der Waals surface area contributed by atoms with E-state index in [1.54, 1.807) is 12.1 Å². The van der Waals surface area contributed by atoms with Gasteiger partial charge in [0, 0.05) is 47.8 Å². The average Bonchev–Trinajstić information content (AvgIpc) is 2.43. The third kappa shape index (κ3) is 2.53.